The highest BCUT2D eigenvalue weighted by molar-refractivity contribution is 5.98. The first-order chi connectivity index (χ1) is 9.04. The van der Waals surface area contributed by atoms with Crippen molar-refractivity contribution in [3.63, 3.8) is 0 Å². The van der Waals surface area contributed by atoms with Gasteiger partial charge in [0.15, 0.2) is 0 Å². The van der Waals surface area contributed by atoms with Gasteiger partial charge in [0.05, 0.1) is 0 Å². The summed E-state index contributed by atoms with van der Waals surface area (Å²) in [6, 6.07) is 4.36. The molecule has 1 atom stereocenters. The summed E-state index contributed by atoms with van der Waals surface area (Å²) in [6.07, 6.45) is 1.53. The molecule has 1 unspecified atom stereocenters. The molecule has 2 amide bonds. The first kappa shape index (κ1) is 13.4. The third-order valence-corrected chi connectivity index (χ3v) is 3.51. The van der Waals surface area contributed by atoms with E-state index >= 15 is 0 Å². The van der Waals surface area contributed by atoms with Gasteiger partial charge in [-0.05, 0) is 43.5 Å². The summed E-state index contributed by atoms with van der Waals surface area (Å²) >= 11 is 0. The van der Waals surface area contributed by atoms with E-state index in [1.165, 1.54) is 6.07 Å². The van der Waals surface area contributed by atoms with E-state index in [0.717, 1.165) is 6.42 Å². The zero-order chi connectivity index (χ0) is 14.0. The van der Waals surface area contributed by atoms with E-state index < -0.39 is 0 Å². The molecule has 1 aliphatic rings. The molecular weight excluding hydrogens is 244 g/mol. The van der Waals surface area contributed by atoms with Gasteiger partial charge in [-0.25, -0.2) is 0 Å². The highest BCUT2D eigenvalue weighted by atomic mass is 16.3. The summed E-state index contributed by atoms with van der Waals surface area (Å²) in [5.41, 5.74) is 1.16. The van der Waals surface area contributed by atoms with E-state index in [4.69, 9.17) is 0 Å². The summed E-state index contributed by atoms with van der Waals surface area (Å²) < 4.78 is 0. The van der Waals surface area contributed by atoms with Crippen LogP contribution in [-0.4, -0.2) is 41.5 Å². The fourth-order valence-electron chi connectivity index (χ4n) is 2.40. The molecule has 0 spiro atoms. The van der Waals surface area contributed by atoms with Crippen molar-refractivity contribution in [2.45, 2.75) is 25.8 Å². The zero-order valence-electron chi connectivity index (χ0n) is 11.1. The lowest BCUT2D eigenvalue weighted by atomic mass is 10.1. The second-order valence-corrected chi connectivity index (χ2v) is 4.77. The third kappa shape index (κ3) is 2.54. The number of hydrogen-bond donors (Lipinski definition) is 2. The molecule has 1 aliphatic heterocycles. The van der Waals surface area contributed by atoms with Crippen LogP contribution in [0.25, 0.3) is 0 Å². The van der Waals surface area contributed by atoms with E-state index in [1.807, 2.05) is 0 Å². The van der Waals surface area contributed by atoms with E-state index in [2.05, 4.69) is 5.32 Å². The Bertz CT molecular complexity index is 513. The van der Waals surface area contributed by atoms with Crippen molar-refractivity contribution < 1.29 is 14.7 Å². The Kier molecular flexibility index (Phi) is 3.74. The number of aromatic hydroxyl groups is 1. The molecule has 2 rings (SSSR count). The quantitative estimate of drug-likeness (QED) is 0.837. The van der Waals surface area contributed by atoms with Crippen molar-refractivity contribution in [3.05, 3.63) is 29.3 Å². The molecule has 1 aromatic rings. The van der Waals surface area contributed by atoms with Gasteiger partial charge in [0.1, 0.15) is 11.8 Å². The third-order valence-electron chi connectivity index (χ3n) is 3.51. The first-order valence-corrected chi connectivity index (χ1v) is 6.36. The number of phenols is 1. The minimum absolute atomic E-state index is 0.124. The van der Waals surface area contributed by atoms with Gasteiger partial charge in [0, 0.05) is 19.2 Å². The lowest BCUT2D eigenvalue weighted by molar-refractivity contribution is -0.124. The van der Waals surface area contributed by atoms with Crippen LogP contribution < -0.4 is 5.32 Å². The van der Waals surface area contributed by atoms with Crippen LogP contribution in [0, 0.1) is 6.92 Å². The number of carbonyl (C=O) groups is 2. The number of nitrogens with zero attached hydrogens (tertiary/aromatic N) is 1. The number of amides is 2. The molecule has 5 heteroatoms. The molecular formula is C14H18N2O3. The molecule has 1 aromatic carbocycles. The molecule has 0 bridgehead atoms. The van der Waals surface area contributed by atoms with Gasteiger partial charge < -0.3 is 15.3 Å². The molecule has 102 valence electrons. The Morgan fingerprint density at radius 1 is 1.42 bits per heavy atom. The Hall–Kier alpha value is -2.04. The number of likely N-dealkylation sites (N-methyl/N-ethyl adjacent to an activating group) is 1. The Morgan fingerprint density at radius 3 is 2.79 bits per heavy atom. The molecule has 1 fully saturated rings. The Labute approximate surface area is 112 Å². The predicted molar refractivity (Wildman–Crippen MR) is 71.0 cm³/mol. The number of likely N-dealkylation sites (tertiary alicyclic amines) is 1. The molecule has 5 nitrogen and oxygen atoms in total. The summed E-state index contributed by atoms with van der Waals surface area (Å²) in [6.45, 7) is 2.34. The van der Waals surface area contributed by atoms with Crippen LogP contribution in [0.1, 0.15) is 28.8 Å². The first-order valence-electron chi connectivity index (χ1n) is 6.36. The van der Waals surface area contributed by atoms with E-state index in [-0.39, 0.29) is 23.6 Å². The summed E-state index contributed by atoms with van der Waals surface area (Å²) in [7, 11) is 1.58. The second-order valence-electron chi connectivity index (χ2n) is 4.77. The lowest BCUT2D eigenvalue weighted by Gasteiger charge is -2.23. The number of benzene rings is 1. The van der Waals surface area contributed by atoms with E-state index in [9.17, 15) is 14.7 Å². The fourth-order valence-corrected chi connectivity index (χ4v) is 2.40. The van der Waals surface area contributed by atoms with Crippen LogP contribution in [0.3, 0.4) is 0 Å². The fraction of sp³-hybridized carbons (Fsp3) is 0.429. The summed E-state index contributed by atoms with van der Waals surface area (Å²) in [5, 5.41) is 12.1. The smallest absolute Gasteiger partial charge is 0.254 e. The highest BCUT2D eigenvalue weighted by Crippen LogP contribution is 2.23. The largest absolute Gasteiger partial charge is 0.508 e. The van der Waals surface area contributed by atoms with E-state index in [0.29, 0.717) is 24.1 Å². The van der Waals surface area contributed by atoms with Crippen molar-refractivity contribution in [2.75, 3.05) is 13.6 Å². The summed E-state index contributed by atoms with van der Waals surface area (Å²) in [5.74, 6) is -0.114. The number of hydrogen-bond acceptors (Lipinski definition) is 3. The average Bonchev–Trinajstić information content (AvgIpc) is 2.89. The van der Waals surface area contributed by atoms with Gasteiger partial charge in [0.25, 0.3) is 5.91 Å². The topological polar surface area (TPSA) is 69.6 Å². The maximum Gasteiger partial charge on any atom is 0.254 e. The SMILES string of the molecule is CNC(=O)C1CCCN1C(=O)c1ccc(O)c(C)c1. The molecule has 0 radical (unpaired) electrons. The van der Waals surface area contributed by atoms with Gasteiger partial charge in [-0.15, -0.1) is 0 Å². The molecule has 0 aromatic heterocycles. The van der Waals surface area contributed by atoms with Crippen molar-refractivity contribution >= 4 is 11.8 Å². The normalized spacial score (nSPS) is 18.4. The highest BCUT2D eigenvalue weighted by Gasteiger charge is 2.33. The molecule has 2 N–H and O–H groups in total. The monoisotopic (exact) mass is 262 g/mol. The molecule has 1 heterocycles. The van der Waals surface area contributed by atoms with Crippen molar-refractivity contribution in [2.24, 2.45) is 0 Å². The van der Waals surface area contributed by atoms with Crippen LogP contribution in [0.4, 0.5) is 0 Å². The van der Waals surface area contributed by atoms with E-state index in [1.54, 1.807) is 31.0 Å². The van der Waals surface area contributed by atoms with Gasteiger partial charge in [-0.2, -0.15) is 0 Å². The van der Waals surface area contributed by atoms with Crippen molar-refractivity contribution in [1.82, 2.24) is 10.2 Å². The van der Waals surface area contributed by atoms with Gasteiger partial charge in [0.2, 0.25) is 5.91 Å². The maximum absolute atomic E-state index is 12.4. The van der Waals surface area contributed by atoms with Crippen LogP contribution in [0.2, 0.25) is 0 Å². The minimum Gasteiger partial charge on any atom is -0.508 e. The molecule has 0 saturated carbocycles. The number of rotatable bonds is 2. The zero-order valence-corrected chi connectivity index (χ0v) is 11.1. The number of aryl methyl sites for hydroxylation is 1. The molecule has 19 heavy (non-hydrogen) atoms. The Balaban J connectivity index is 2.23. The van der Waals surface area contributed by atoms with Gasteiger partial charge >= 0.3 is 0 Å². The summed E-state index contributed by atoms with van der Waals surface area (Å²) in [4.78, 5) is 25.7. The number of carbonyl (C=O) groups excluding carboxylic acids is 2. The van der Waals surface area contributed by atoms with Gasteiger partial charge in [-0.3, -0.25) is 9.59 Å². The average molecular weight is 262 g/mol. The molecule has 0 aliphatic carbocycles. The van der Waals surface area contributed by atoms with Crippen LogP contribution in [-0.2, 0) is 4.79 Å². The van der Waals surface area contributed by atoms with Crippen molar-refractivity contribution in [1.29, 1.82) is 0 Å². The number of phenolic OH excluding ortho intramolecular Hbond substituents is 1. The maximum atomic E-state index is 12.4. The van der Waals surface area contributed by atoms with Crippen molar-refractivity contribution in [3.8, 4) is 5.75 Å². The standard InChI is InChI=1S/C14H18N2O3/c1-9-8-10(5-6-12(9)17)14(19)16-7-3-4-11(16)13(18)15-2/h5-6,8,11,17H,3-4,7H2,1-2H3,(H,15,18). The predicted octanol–water partition coefficient (Wildman–Crippen LogP) is 1.05. The lowest BCUT2D eigenvalue weighted by Crippen LogP contribution is -2.44. The second kappa shape index (κ2) is 5.30. The van der Waals surface area contributed by atoms with Crippen LogP contribution >= 0.6 is 0 Å². The van der Waals surface area contributed by atoms with Crippen LogP contribution in [0.5, 0.6) is 5.75 Å². The van der Waals surface area contributed by atoms with Gasteiger partial charge in [-0.1, -0.05) is 0 Å². The Morgan fingerprint density at radius 2 is 2.16 bits per heavy atom. The van der Waals surface area contributed by atoms with Crippen LogP contribution in [0.15, 0.2) is 18.2 Å². The number of nitrogens with one attached hydrogen (secondary N) is 1. The molecule has 1 saturated heterocycles. The minimum atomic E-state index is -0.383.